The molecule has 4 rings (SSSR count). The fourth-order valence-corrected chi connectivity index (χ4v) is 3.76. The van der Waals surface area contributed by atoms with Crippen molar-refractivity contribution >= 4 is 28.9 Å². The van der Waals surface area contributed by atoms with Crippen molar-refractivity contribution in [2.24, 2.45) is 0 Å². The summed E-state index contributed by atoms with van der Waals surface area (Å²) in [7, 11) is 0. The van der Waals surface area contributed by atoms with E-state index in [0.717, 1.165) is 23.4 Å². The monoisotopic (exact) mass is 380 g/mol. The Balaban J connectivity index is 1.44. The first-order valence-electron chi connectivity index (χ1n) is 9.23. The maximum absolute atomic E-state index is 12.7. The molecular formula is C20H20N4O4. The topological polar surface area (TPSA) is 95.8 Å². The Morgan fingerprint density at radius 3 is 2.39 bits per heavy atom. The molecule has 2 amide bonds. The summed E-state index contributed by atoms with van der Waals surface area (Å²) in [5.74, 6) is -0.0694. The number of hydrogen-bond donors (Lipinski definition) is 1. The maximum Gasteiger partial charge on any atom is 0.269 e. The Labute approximate surface area is 161 Å². The van der Waals surface area contributed by atoms with Crippen LogP contribution >= 0.6 is 0 Å². The number of carbonyl (C=O) groups excluding carboxylic acids is 2. The van der Waals surface area contributed by atoms with Crippen LogP contribution in [0.2, 0.25) is 0 Å². The molecular weight excluding hydrogens is 360 g/mol. The minimum atomic E-state index is -0.476. The molecule has 28 heavy (non-hydrogen) atoms. The number of benzene rings is 2. The molecule has 8 nitrogen and oxygen atoms in total. The average molecular weight is 380 g/mol. The third-order valence-corrected chi connectivity index (χ3v) is 5.26. The van der Waals surface area contributed by atoms with Gasteiger partial charge in [0, 0.05) is 61.7 Å². The van der Waals surface area contributed by atoms with E-state index in [-0.39, 0.29) is 17.5 Å². The van der Waals surface area contributed by atoms with Crippen LogP contribution in [0.5, 0.6) is 0 Å². The van der Waals surface area contributed by atoms with Crippen molar-refractivity contribution in [3.8, 4) is 0 Å². The fourth-order valence-electron chi connectivity index (χ4n) is 3.76. The summed E-state index contributed by atoms with van der Waals surface area (Å²) in [6.45, 7) is 2.55. The number of nitrogens with one attached hydrogen (secondary N) is 1. The van der Waals surface area contributed by atoms with Gasteiger partial charge in [0.05, 0.1) is 4.92 Å². The zero-order chi connectivity index (χ0) is 19.7. The van der Waals surface area contributed by atoms with Gasteiger partial charge in [0.1, 0.15) is 0 Å². The molecule has 0 aliphatic carbocycles. The molecule has 2 aliphatic heterocycles. The number of nitrogens with zero attached hydrogens (tertiary/aromatic N) is 3. The van der Waals surface area contributed by atoms with Crippen LogP contribution in [-0.2, 0) is 11.2 Å². The van der Waals surface area contributed by atoms with E-state index in [1.807, 2.05) is 12.1 Å². The van der Waals surface area contributed by atoms with E-state index in [4.69, 9.17) is 0 Å². The van der Waals surface area contributed by atoms with Crippen LogP contribution in [0.4, 0.5) is 17.1 Å². The van der Waals surface area contributed by atoms with Gasteiger partial charge in [-0.15, -0.1) is 0 Å². The highest BCUT2D eigenvalue weighted by Gasteiger charge is 2.26. The molecule has 0 unspecified atom stereocenters. The summed E-state index contributed by atoms with van der Waals surface area (Å²) in [5.41, 5.74) is 3.57. The Morgan fingerprint density at radius 1 is 1.00 bits per heavy atom. The van der Waals surface area contributed by atoms with Gasteiger partial charge in [0.2, 0.25) is 5.91 Å². The van der Waals surface area contributed by atoms with Crippen molar-refractivity contribution in [1.29, 1.82) is 0 Å². The van der Waals surface area contributed by atoms with E-state index in [9.17, 15) is 19.7 Å². The van der Waals surface area contributed by atoms with Gasteiger partial charge in [-0.1, -0.05) is 6.07 Å². The summed E-state index contributed by atoms with van der Waals surface area (Å²) in [5, 5.41) is 13.7. The van der Waals surface area contributed by atoms with Crippen LogP contribution in [0.25, 0.3) is 0 Å². The molecule has 2 heterocycles. The number of carbonyl (C=O) groups is 2. The molecule has 2 aromatic rings. The van der Waals surface area contributed by atoms with Crippen LogP contribution in [0.1, 0.15) is 22.3 Å². The number of amides is 2. The minimum Gasteiger partial charge on any atom is -0.368 e. The summed E-state index contributed by atoms with van der Waals surface area (Å²) in [4.78, 5) is 38.6. The molecule has 0 atom stereocenters. The summed E-state index contributed by atoms with van der Waals surface area (Å²) < 4.78 is 0. The van der Waals surface area contributed by atoms with Gasteiger partial charge in [0.25, 0.3) is 11.6 Å². The number of fused-ring (bicyclic) bond motifs is 1. The highest BCUT2D eigenvalue weighted by Crippen LogP contribution is 2.32. The summed E-state index contributed by atoms with van der Waals surface area (Å²) in [6.07, 6.45) is 1.21. The largest absolute Gasteiger partial charge is 0.368 e. The van der Waals surface area contributed by atoms with Crippen LogP contribution in [0.15, 0.2) is 42.5 Å². The lowest BCUT2D eigenvalue weighted by atomic mass is 10.00. The molecule has 1 fully saturated rings. The molecule has 0 saturated carbocycles. The highest BCUT2D eigenvalue weighted by molar-refractivity contribution is 5.96. The van der Waals surface area contributed by atoms with E-state index in [1.54, 1.807) is 4.90 Å². The lowest BCUT2D eigenvalue weighted by Gasteiger charge is -2.37. The predicted molar refractivity (Wildman–Crippen MR) is 105 cm³/mol. The van der Waals surface area contributed by atoms with E-state index < -0.39 is 4.92 Å². The Kier molecular flexibility index (Phi) is 4.68. The standard InChI is InChI=1S/C20H20N4O4/c25-19-9-8-16-17(21-19)2-1-3-18(16)22-10-12-23(13-11-22)20(26)14-4-6-15(7-5-14)24(27)28/h1-7H,8-13H2,(H,21,25). The van der Waals surface area contributed by atoms with Crippen LogP contribution < -0.4 is 10.2 Å². The van der Waals surface area contributed by atoms with E-state index in [1.165, 1.54) is 24.3 Å². The van der Waals surface area contributed by atoms with Crippen molar-refractivity contribution < 1.29 is 14.5 Å². The van der Waals surface area contributed by atoms with E-state index >= 15 is 0 Å². The molecule has 2 aromatic carbocycles. The SMILES string of the molecule is O=C1CCc2c(cccc2N2CCN(C(=O)c3ccc([N+](=O)[O-])cc3)CC2)N1. The second-order valence-corrected chi connectivity index (χ2v) is 6.93. The van der Waals surface area contributed by atoms with Crippen molar-refractivity contribution in [3.05, 3.63) is 63.7 Å². The molecule has 0 bridgehead atoms. The Bertz CT molecular complexity index is 934. The number of nitro groups is 1. The number of anilines is 2. The van der Waals surface area contributed by atoms with Gasteiger partial charge >= 0.3 is 0 Å². The molecule has 0 spiro atoms. The van der Waals surface area contributed by atoms with Crippen molar-refractivity contribution in [1.82, 2.24) is 4.90 Å². The van der Waals surface area contributed by atoms with Gasteiger partial charge in [-0.05, 0) is 36.2 Å². The van der Waals surface area contributed by atoms with Gasteiger partial charge in [-0.3, -0.25) is 19.7 Å². The number of hydrogen-bond acceptors (Lipinski definition) is 5. The first kappa shape index (κ1) is 18.0. The molecule has 8 heteroatoms. The van der Waals surface area contributed by atoms with E-state index in [2.05, 4.69) is 16.3 Å². The van der Waals surface area contributed by atoms with Crippen molar-refractivity contribution in [2.75, 3.05) is 36.4 Å². The first-order valence-corrected chi connectivity index (χ1v) is 9.23. The molecule has 1 saturated heterocycles. The number of piperazine rings is 1. The summed E-state index contributed by atoms with van der Waals surface area (Å²) >= 11 is 0. The average Bonchev–Trinajstić information content (AvgIpc) is 2.73. The number of nitro benzene ring substituents is 1. The fraction of sp³-hybridized carbons (Fsp3) is 0.300. The third-order valence-electron chi connectivity index (χ3n) is 5.26. The quantitative estimate of drug-likeness (QED) is 0.652. The maximum atomic E-state index is 12.7. The molecule has 144 valence electrons. The second-order valence-electron chi connectivity index (χ2n) is 6.93. The van der Waals surface area contributed by atoms with Crippen LogP contribution in [-0.4, -0.2) is 47.8 Å². The van der Waals surface area contributed by atoms with Gasteiger partial charge in [0.15, 0.2) is 0 Å². The van der Waals surface area contributed by atoms with Crippen molar-refractivity contribution in [2.45, 2.75) is 12.8 Å². The zero-order valence-electron chi connectivity index (χ0n) is 15.3. The smallest absolute Gasteiger partial charge is 0.269 e. The lowest BCUT2D eigenvalue weighted by Crippen LogP contribution is -2.49. The third kappa shape index (κ3) is 3.40. The molecule has 0 aromatic heterocycles. The summed E-state index contributed by atoms with van der Waals surface area (Å²) in [6, 6.07) is 11.6. The van der Waals surface area contributed by atoms with Crippen molar-refractivity contribution in [3.63, 3.8) is 0 Å². The second kappa shape index (κ2) is 7.30. The predicted octanol–water partition coefficient (Wildman–Crippen LogP) is 2.44. The number of non-ortho nitro benzene ring substituents is 1. The lowest BCUT2D eigenvalue weighted by molar-refractivity contribution is -0.384. The van der Waals surface area contributed by atoms with Gasteiger partial charge < -0.3 is 15.1 Å². The zero-order valence-corrected chi connectivity index (χ0v) is 15.3. The highest BCUT2D eigenvalue weighted by atomic mass is 16.6. The van der Waals surface area contributed by atoms with Crippen LogP contribution in [0.3, 0.4) is 0 Å². The number of rotatable bonds is 3. The molecule has 0 radical (unpaired) electrons. The van der Waals surface area contributed by atoms with Gasteiger partial charge in [-0.2, -0.15) is 0 Å². The molecule has 1 N–H and O–H groups in total. The normalized spacial score (nSPS) is 16.4. The van der Waals surface area contributed by atoms with Gasteiger partial charge in [-0.25, -0.2) is 0 Å². The molecule has 2 aliphatic rings. The van der Waals surface area contributed by atoms with Crippen LogP contribution in [0, 0.1) is 10.1 Å². The first-order chi connectivity index (χ1) is 13.5. The minimum absolute atomic E-state index is 0.0256. The Morgan fingerprint density at radius 2 is 1.71 bits per heavy atom. The van der Waals surface area contributed by atoms with E-state index in [0.29, 0.717) is 38.2 Å². The Hall–Kier alpha value is -3.42.